The van der Waals surface area contributed by atoms with E-state index in [9.17, 15) is 4.79 Å². The average molecular weight is 275 g/mol. The van der Waals surface area contributed by atoms with Crippen LogP contribution in [0.3, 0.4) is 0 Å². The number of aromatic carboxylic acids is 1. The molecule has 1 N–H and O–H groups in total. The van der Waals surface area contributed by atoms with Crippen molar-refractivity contribution in [1.29, 1.82) is 0 Å². The van der Waals surface area contributed by atoms with E-state index in [0.717, 1.165) is 35.8 Å². The van der Waals surface area contributed by atoms with Crippen LogP contribution in [0.4, 0.5) is 5.82 Å². The van der Waals surface area contributed by atoms with Crippen LogP contribution in [-0.2, 0) is 0 Å². The van der Waals surface area contributed by atoms with Gasteiger partial charge in [0.15, 0.2) is 0 Å². The summed E-state index contributed by atoms with van der Waals surface area (Å²) in [6.07, 6.45) is 1.51. The van der Waals surface area contributed by atoms with Gasteiger partial charge in [0.2, 0.25) is 0 Å². The summed E-state index contributed by atoms with van der Waals surface area (Å²) in [6.45, 7) is 1.94. The maximum absolute atomic E-state index is 11.0. The summed E-state index contributed by atoms with van der Waals surface area (Å²) in [7, 11) is 0. The van der Waals surface area contributed by atoms with E-state index in [-0.39, 0.29) is 5.56 Å². The number of nitrogens with zero attached hydrogens (tertiary/aromatic N) is 3. The van der Waals surface area contributed by atoms with E-state index in [4.69, 9.17) is 5.11 Å². The van der Waals surface area contributed by atoms with Crippen LogP contribution in [-0.4, -0.2) is 45.6 Å². The summed E-state index contributed by atoms with van der Waals surface area (Å²) >= 11 is 1.94. The Morgan fingerprint density at radius 3 is 2.79 bits per heavy atom. The van der Waals surface area contributed by atoms with Crippen molar-refractivity contribution < 1.29 is 9.90 Å². The second-order valence-electron chi connectivity index (χ2n) is 4.33. The molecule has 0 saturated carbocycles. The molecule has 1 aromatic heterocycles. The molecule has 0 bridgehead atoms. The summed E-state index contributed by atoms with van der Waals surface area (Å²) in [6, 6.07) is 5.01. The van der Waals surface area contributed by atoms with Gasteiger partial charge in [0.1, 0.15) is 12.1 Å². The van der Waals surface area contributed by atoms with Crippen LogP contribution in [0.1, 0.15) is 10.4 Å². The van der Waals surface area contributed by atoms with Gasteiger partial charge in [0.25, 0.3) is 0 Å². The molecule has 2 aromatic rings. The highest BCUT2D eigenvalue weighted by molar-refractivity contribution is 7.99. The Morgan fingerprint density at radius 2 is 2.05 bits per heavy atom. The van der Waals surface area contributed by atoms with Gasteiger partial charge in [-0.1, -0.05) is 0 Å². The molecule has 0 amide bonds. The third-order valence-corrected chi connectivity index (χ3v) is 4.12. The molecule has 0 spiro atoms. The van der Waals surface area contributed by atoms with Crippen molar-refractivity contribution in [2.45, 2.75) is 0 Å². The quantitative estimate of drug-likeness (QED) is 0.902. The Bertz CT molecular complexity index is 626. The third kappa shape index (κ3) is 2.35. The normalized spacial score (nSPS) is 15.7. The number of carboxylic acids is 1. The predicted octanol–water partition coefficient (Wildman–Crippen LogP) is 1.88. The van der Waals surface area contributed by atoms with E-state index in [1.165, 1.54) is 6.33 Å². The van der Waals surface area contributed by atoms with Gasteiger partial charge in [-0.3, -0.25) is 0 Å². The number of fused-ring (bicyclic) bond motifs is 1. The van der Waals surface area contributed by atoms with Crippen molar-refractivity contribution in [3.63, 3.8) is 0 Å². The largest absolute Gasteiger partial charge is 0.478 e. The van der Waals surface area contributed by atoms with Crippen molar-refractivity contribution >= 4 is 34.5 Å². The topological polar surface area (TPSA) is 66.3 Å². The molecule has 6 heteroatoms. The molecule has 1 aromatic carbocycles. The number of hydrogen-bond donors (Lipinski definition) is 1. The Hall–Kier alpha value is -1.82. The summed E-state index contributed by atoms with van der Waals surface area (Å²) in [5.74, 6) is 2.16. The molecule has 0 aliphatic carbocycles. The van der Waals surface area contributed by atoms with Crippen LogP contribution in [0.25, 0.3) is 10.9 Å². The number of carboxylic acid groups (broad SMARTS) is 1. The van der Waals surface area contributed by atoms with Gasteiger partial charge in [-0.05, 0) is 18.2 Å². The molecule has 1 fully saturated rings. The molecule has 0 radical (unpaired) electrons. The first-order chi connectivity index (χ1) is 9.25. The SMILES string of the molecule is O=C(O)c1ccc2c(N3CCSCC3)ncnc2c1. The second kappa shape index (κ2) is 5.05. The number of aromatic nitrogens is 2. The van der Waals surface area contributed by atoms with E-state index >= 15 is 0 Å². The summed E-state index contributed by atoms with van der Waals surface area (Å²) < 4.78 is 0. The number of thioether (sulfide) groups is 1. The number of rotatable bonds is 2. The standard InChI is InChI=1S/C13H13N3O2S/c17-13(18)9-1-2-10-11(7-9)14-8-15-12(10)16-3-5-19-6-4-16/h1-2,7-8H,3-6H2,(H,17,18). The van der Waals surface area contributed by atoms with E-state index in [2.05, 4.69) is 14.9 Å². The monoisotopic (exact) mass is 275 g/mol. The highest BCUT2D eigenvalue weighted by atomic mass is 32.2. The molecule has 5 nitrogen and oxygen atoms in total. The number of carbonyl (C=O) groups is 1. The smallest absolute Gasteiger partial charge is 0.335 e. The summed E-state index contributed by atoms with van der Waals surface area (Å²) in [5.41, 5.74) is 0.939. The van der Waals surface area contributed by atoms with E-state index in [1.54, 1.807) is 18.2 Å². The average Bonchev–Trinajstić information content (AvgIpc) is 2.47. The first-order valence-corrected chi connectivity index (χ1v) is 7.22. The minimum atomic E-state index is -0.934. The predicted molar refractivity (Wildman–Crippen MR) is 76.0 cm³/mol. The molecular weight excluding hydrogens is 262 g/mol. The van der Waals surface area contributed by atoms with Crippen LogP contribution in [0.5, 0.6) is 0 Å². The molecule has 0 atom stereocenters. The van der Waals surface area contributed by atoms with Crippen LogP contribution in [0.2, 0.25) is 0 Å². The lowest BCUT2D eigenvalue weighted by atomic mass is 10.1. The Labute approximate surface area is 114 Å². The van der Waals surface area contributed by atoms with Crippen molar-refractivity contribution in [3.05, 3.63) is 30.1 Å². The van der Waals surface area contributed by atoms with Crippen molar-refractivity contribution in [1.82, 2.24) is 9.97 Å². The fourth-order valence-electron chi connectivity index (χ4n) is 2.20. The van der Waals surface area contributed by atoms with Gasteiger partial charge >= 0.3 is 5.97 Å². The number of hydrogen-bond acceptors (Lipinski definition) is 5. The van der Waals surface area contributed by atoms with Crippen molar-refractivity contribution in [3.8, 4) is 0 Å². The maximum atomic E-state index is 11.0. The first kappa shape index (κ1) is 12.2. The molecule has 1 aliphatic rings. The van der Waals surface area contributed by atoms with Gasteiger partial charge in [-0.2, -0.15) is 11.8 Å². The molecule has 0 unspecified atom stereocenters. The number of anilines is 1. The zero-order valence-electron chi connectivity index (χ0n) is 10.2. The molecule has 98 valence electrons. The molecule has 3 rings (SSSR count). The lowest BCUT2D eigenvalue weighted by Gasteiger charge is -2.28. The van der Waals surface area contributed by atoms with Crippen LogP contribution >= 0.6 is 11.8 Å². The van der Waals surface area contributed by atoms with Gasteiger partial charge in [0, 0.05) is 30.0 Å². The van der Waals surface area contributed by atoms with Gasteiger partial charge in [0.05, 0.1) is 11.1 Å². The minimum Gasteiger partial charge on any atom is -0.478 e. The van der Waals surface area contributed by atoms with Crippen LogP contribution < -0.4 is 4.90 Å². The van der Waals surface area contributed by atoms with Crippen LogP contribution in [0, 0.1) is 0 Å². The zero-order valence-corrected chi connectivity index (χ0v) is 11.1. The fraction of sp³-hybridized carbons (Fsp3) is 0.308. The molecule has 1 saturated heterocycles. The highest BCUT2D eigenvalue weighted by Gasteiger charge is 2.16. The lowest BCUT2D eigenvalue weighted by Crippen LogP contribution is -2.33. The maximum Gasteiger partial charge on any atom is 0.335 e. The second-order valence-corrected chi connectivity index (χ2v) is 5.56. The van der Waals surface area contributed by atoms with E-state index in [1.807, 2.05) is 11.8 Å². The molecule has 2 heterocycles. The summed E-state index contributed by atoms with van der Waals surface area (Å²) in [5, 5.41) is 9.92. The summed E-state index contributed by atoms with van der Waals surface area (Å²) in [4.78, 5) is 21.7. The molecule has 1 aliphatic heterocycles. The zero-order chi connectivity index (χ0) is 13.2. The van der Waals surface area contributed by atoms with Crippen molar-refractivity contribution in [2.24, 2.45) is 0 Å². The Morgan fingerprint density at radius 1 is 1.26 bits per heavy atom. The molecule has 19 heavy (non-hydrogen) atoms. The Balaban J connectivity index is 2.07. The van der Waals surface area contributed by atoms with Gasteiger partial charge in [-0.15, -0.1) is 0 Å². The third-order valence-electron chi connectivity index (χ3n) is 3.17. The van der Waals surface area contributed by atoms with Crippen molar-refractivity contribution in [2.75, 3.05) is 29.5 Å². The fourth-order valence-corrected chi connectivity index (χ4v) is 3.11. The highest BCUT2D eigenvalue weighted by Crippen LogP contribution is 2.25. The minimum absolute atomic E-state index is 0.256. The van der Waals surface area contributed by atoms with E-state index < -0.39 is 5.97 Å². The van der Waals surface area contributed by atoms with Crippen LogP contribution in [0.15, 0.2) is 24.5 Å². The molecular formula is C13H13N3O2S. The van der Waals surface area contributed by atoms with Gasteiger partial charge < -0.3 is 10.0 Å². The first-order valence-electron chi connectivity index (χ1n) is 6.06. The number of benzene rings is 1. The Kier molecular flexibility index (Phi) is 3.25. The lowest BCUT2D eigenvalue weighted by molar-refractivity contribution is 0.0697. The van der Waals surface area contributed by atoms with E-state index in [0.29, 0.717) is 5.52 Å². The van der Waals surface area contributed by atoms with Gasteiger partial charge in [-0.25, -0.2) is 14.8 Å².